The fraction of sp³-hybridized carbons (Fsp3) is 0.467. The summed E-state index contributed by atoms with van der Waals surface area (Å²) in [7, 11) is 0. The van der Waals surface area contributed by atoms with Crippen molar-refractivity contribution in [1.29, 1.82) is 5.26 Å². The largest absolute Gasteiger partial charge is 0.323 e. The van der Waals surface area contributed by atoms with Crippen LogP contribution in [-0.2, 0) is 4.79 Å². The van der Waals surface area contributed by atoms with E-state index in [4.69, 9.17) is 5.26 Å². The third-order valence-corrected chi connectivity index (χ3v) is 3.79. The molecule has 1 fully saturated rings. The van der Waals surface area contributed by atoms with Gasteiger partial charge in [-0.3, -0.25) is 4.79 Å². The van der Waals surface area contributed by atoms with Crippen molar-refractivity contribution < 1.29 is 9.18 Å². The normalized spacial score (nSPS) is 22.1. The maximum Gasteiger partial charge on any atom is 0.241 e. The number of nitriles is 1. The molecular weight excluding hydrogens is 257 g/mol. The van der Waals surface area contributed by atoms with Gasteiger partial charge in [-0.05, 0) is 37.4 Å². The first-order valence-electron chi connectivity index (χ1n) is 6.88. The number of piperidine rings is 1. The van der Waals surface area contributed by atoms with E-state index in [-0.39, 0.29) is 23.2 Å². The van der Waals surface area contributed by atoms with Crippen molar-refractivity contribution in [3.05, 3.63) is 29.6 Å². The molecule has 1 aromatic carbocycles. The Kier molecular flexibility index (Phi) is 4.70. The molecule has 106 valence electrons. The van der Waals surface area contributed by atoms with Crippen LogP contribution >= 0.6 is 0 Å². The zero-order valence-electron chi connectivity index (χ0n) is 11.4. The molecule has 0 aromatic heterocycles. The Labute approximate surface area is 118 Å². The van der Waals surface area contributed by atoms with Crippen LogP contribution in [0, 0.1) is 23.1 Å². The van der Waals surface area contributed by atoms with Gasteiger partial charge in [0.15, 0.2) is 0 Å². The summed E-state index contributed by atoms with van der Waals surface area (Å²) in [6.07, 6.45) is 2.90. The lowest BCUT2D eigenvalue weighted by Crippen LogP contribution is -2.46. The molecule has 2 N–H and O–H groups in total. The average molecular weight is 275 g/mol. The van der Waals surface area contributed by atoms with Crippen molar-refractivity contribution in [2.45, 2.75) is 32.2 Å². The molecule has 1 aliphatic rings. The molecule has 1 saturated heterocycles. The van der Waals surface area contributed by atoms with Crippen LogP contribution < -0.4 is 10.6 Å². The Bertz CT molecular complexity index is 538. The topological polar surface area (TPSA) is 64.9 Å². The molecule has 2 unspecified atom stereocenters. The summed E-state index contributed by atoms with van der Waals surface area (Å²) in [5.41, 5.74) is 0.113. The van der Waals surface area contributed by atoms with E-state index in [0.29, 0.717) is 5.92 Å². The summed E-state index contributed by atoms with van der Waals surface area (Å²) in [5, 5.41) is 14.8. The molecule has 4 nitrogen and oxygen atoms in total. The van der Waals surface area contributed by atoms with Crippen LogP contribution in [0.4, 0.5) is 10.1 Å². The van der Waals surface area contributed by atoms with Gasteiger partial charge >= 0.3 is 0 Å². The predicted octanol–water partition coefficient (Wildman–Crippen LogP) is 2.41. The Hall–Kier alpha value is -1.93. The van der Waals surface area contributed by atoms with Gasteiger partial charge in [-0.15, -0.1) is 0 Å². The minimum Gasteiger partial charge on any atom is -0.323 e. The van der Waals surface area contributed by atoms with Crippen molar-refractivity contribution in [2.75, 3.05) is 11.9 Å². The zero-order chi connectivity index (χ0) is 14.5. The maximum atomic E-state index is 13.5. The fourth-order valence-electron chi connectivity index (χ4n) is 2.53. The second-order valence-corrected chi connectivity index (χ2v) is 5.07. The number of amides is 1. The Balaban J connectivity index is 2.08. The standard InChI is InChI=1S/C15H18FN3O/c1-2-10-6-7-18-14(8-10)15(20)19-13-5-3-4-12(16)11(13)9-17/h3-5,10,14,18H,2,6-8H2,1H3,(H,19,20). The van der Waals surface area contributed by atoms with Gasteiger partial charge in [0.1, 0.15) is 17.4 Å². The van der Waals surface area contributed by atoms with Gasteiger partial charge < -0.3 is 10.6 Å². The van der Waals surface area contributed by atoms with Crippen molar-refractivity contribution in [3.63, 3.8) is 0 Å². The van der Waals surface area contributed by atoms with E-state index in [1.807, 2.05) is 0 Å². The Morgan fingerprint density at radius 3 is 3.10 bits per heavy atom. The predicted molar refractivity (Wildman–Crippen MR) is 74.6 cm³/mol. The van der Waals surface area contributed by atoms with Gasteiger partial charge in [0.05, 0.1) is 11.7 Å². The molecular formula is C15H18FN3O. The number of anilines is 1. The molecule has 2 atom stereocenters. The van der Waals surface area contributed by atoms with Crippen LogP contribution in [-0.4, -0.2) is 18.5 Å². The fourth-order valence-corrected chi connectivity index (χ4v) is 2.53. The van der Waals surface area contributed by atoms with Crippen molar-refractivity contribution >= 4 is 11.6 Å². The number of carbonyl (C=O) groups is 1. The molecule has 0 radical (unpaired) electrons. The first kappa shape index (κ1) is 14.5. The lowest BCUT2D eigenvalue weighted by molar-refractivity contribution is -0.119. The van der Waals surface area contributed by atoms with E-state index < -0.39 is 5.82 Å². The molecule has 1 heterocycles. The van der Waals surface area contributed by atoms with Gasteiger partial charge in [-0.2, -0.15) is 5.26 Å². The molecule has 5 heteroatoms. The summed E-state index contributed by atoms with van der Waals surface area (Å²) in [6, 6.07) is 5.74. The van der Waals surface area contributed by atoms with Gasteiger partial charge in [0, 0.05) is 0 Å². The number of hydrogen-bond donors (Lipinski definition) is 2. The number of halogens is 1. The Morgan fingerprint density at radius 1 is 1.60 bits per heavy atom. The number of nitrogens with one attached hydrogen (secondary N) is 2. The summed E-state index contributed by atoms with van der Waals surface area (Å²) >= 11 is 0. The highest BCUT2D eigenvalue weighted by Crippen LogP contribution is 2.22. The van der Waals surface area contributed by atoms with Crippen LogP contribution in [0.15, 0.2) is 18.2 Å². The monoisotopic (exact) mass is 275 g/mol. The molecule has 1 aliphatic heterocycles. The van der Waals surface area contributed by atoms with Crippen molar-refractivity contribution in [2.24, 2.45) is 5.92 Å². The minimum atomic E-state index is -0.617. The first-order chi connectivity index (χ1) is 9.65. The number of hydrogen-bond acceptors (Lipinski definition) is 3. The van der Waals surface area contributed by atoms with Crippen LogP contribution in [0.3, 0.4) is 0 Å². The van der Waals surface area contributed by atoms with Crippen LogP contribution in [0.5, 0.6) is 0 Å². The van der Waals surface area contributed by atoms with Crippen LogP contribution in [0.25, 0.3) is 0 Å². The molecule has 0 saturated carbocycles. The van der Waals surface area contributed by atoms with Gasteiger partial charge in [-0.25, -0.2) is 4.39 Å². The van der Waals surface area contributed by atoms with E-state index >= 15 is 0 Å². The summed E-state index contributed by atoms with van der Waals surface area (Å²) in [6.45, 7) is 2.93. The second-order valence-electron chi connectivity index (χ2n) is 5.07. The molecule has 1 amide bonds. The molecule has 0 bridgehead atoms. The number of benzene rings is 1. The molecule has 2 rings (SSSR count). The third kappa shape index (κ3) is 3.14. The van der Waals surface area contributed by atoms with E-state index in [2.05, 4.69) is 17.6 Å². The van der Waals surface area contributed by atoms with Gasteiger partial charge in [0.25, 0.3) is 0 Å². The third-order valence-electron chi connectivity index (χ3n) is 3.79. The first-order valence-corrected chi connectivity index (χ1v) is 6.88. The average Bonchev–Trinajstić information content (AvgIpc) is 2.47. The Morgan fingerprint density at radius 2 is 2.40 bits per heavy atom. The van der Waals surface area contributed by atoms with Crippen molar-refractivity contribution in [3.8, 4) is 6.07 Å². The second kappa shape index (κ2) is 6.49. The van der Waals surface area contributed by atoms with Crippen LogP contribution in [0.1, 0.15) is 31.7 Å². The number of rotatable bonds is 3. The lowest BCUT2D eigenvalue weighted by Gasteiger charge is -2.28. The number of carbonyl (C=O) groups excluding carboxylic acids is 1. The summed E-state index contributed by atoms with van der Waals surface area (Å²) in [5.74, 6) is -0.284. The van der Waals surface area contributed by atoms with E-state index in [1.165, 1.54) is 12.1 Å². The quantitative estimate of drug-likeness (QED) is 0.890. The van der Waals surface area contributed by atoms with Gasteiger partial charge in [-0.1, -0.05) is 19.4 Å². The lowest BCUT2D eigenvalue weighted by atomic mass is 9.90. The van der Waals surface area contributed by atoms with Crippen LogP contribution in [0.2, 0.25) is 0 Å². The summed E-state index contributed by atoms with van der Waals surface area (Å²) in [4.78, 5) is 12.2. The van der Waals surface area contributed by atoms with E-state index in [0.717, 1.165) is 25.8 Å². The zero-order valence-corrected chi connectivity index (χ0v) is 11.4. The highest BCUT2D eigenvalue weighted by atomic mass is 19.1. The maximum absolute atomic E-state index is 13.5. The van der Waals surface area contributed by atoms with E-state index in [9.17, 15) is 9.18 Å². The highest BCUT2D eigenvalue weighted by molar-refractivity contribution is 5.96. The highest BCUT2D eigenvalue weighted by Gasteiger charge is 2.26. The summed E-state index contributed by atoms with van der Waals surface area (Å²) < 4.78 is 13.5. The molecule has 1 aromatic rings. The minimum absolute atomic E-state index is 0.122. The van der Waals surface area contributed by atoms with E-state index in [1.54, 1.807) is 12.1 Å². The van der Waals surface area contributed by atoms with Gasteiger partial charge in [0.2, 0.25) is 5.91 Å². The molecule has 0 aliphatic carbocycles. The number of nitrogens with zero attached hydrogens (tertiary/aromatic N) is 1. The van der Waals surface area contributed by atoms with Crippen molar-refractivity contribution in [1.82, 2.24) is 5.32 Å². The molecule has 0 spiro atoms. The SMILES string of the molecule is CCC1CCNC(C(=O)Nc2cccc(F)c2C#N)C1. The smallest absolute Gasteiger partial charge is 0.241 e. The molecule has 20 heavy (non-hydrogen) atoms.